The molecule has 0 amide bonds. The molecule has 0 radical (unpaired) electrons. The summed E-state index contributed by atoms with van der Waals surface area (Å²) in [6.07, 6.45) is 0.633. The van der Waals surface area contributed by atoms with Crippen LogP contribution in [-0.4, -0.2) is 13.6 Å². The normalized spacial score (nSPS) is 11.9. The standard InChI is InChI=1S/C12H16BF4O.K/c1-12(2,3)6-7-18-11-8-9(13(15,16)17)4-5-10(11)14;/h4-5,8H,6-7H2,1-3H3;/q-1;+1. The van der Waals surface area contributed by atoms with Gasteiger partial charge in [-0.1, -0.05) is 26.8 Å². The Bertz CT molecular complexity index is 415. The van der Waals surface area contributed by atoms with Gasteiger partial charge in [0, 0.05) is 0 Å². The molecule has 0 spiro atoms. The van der Waals surface area contributed by atoms with Gasteiger partial charge in [0.15, 0.2) is 11.6 Å². The van der Waals surface area contributed by atoms with Crippen LogP contribution in [0.4, 0.5) is 17.3 Å². The Hall–Kier alpha value is 0.441. The molecule has 0 heterocycles. The van der Waals surface area contributed by atoms with Crippen molar-refractivity contribution in [3.63, 3.8) is 0 Å². The molecule has 0 saturated carbocycles. The second kappa shape index (κ2) is 7.45. The molecule has 0 aromatic heterocycles. The second-order valence-corrected chi connectivity index (χ2v) is 5.42. The van der Waals surface area contributed by atoms with Gasteiger partial charge in [-0.2, -0.15) is 0 Å². The minimum absolute atomic E-state index is 0. The maximum Gasteiger partial charge on any atom is 1.00 e. The van der Waals surface area contributed by atoms with Crippen LogP contribution < -0.4 is 61.6 Å². The summed E-state index contributed by atoms with van der Waals surface area (Å²) in [5.74, 6) is -1.11. The van der Waals surface area contributed by atoms with Gasteiger partial charge in [0.05, 0.1) is 6.61 Å². The van der Waals surface area contributed by atoms with Gasteiger partial charge in [0.1, 0.15) is 0 Å². The molecule has 7 heteroatoms. The molecular formula is C12H16BF4KO. The van der Waals surface area contributed by atoms with Crippen LogP contribution in [0.15, 0.2) is 18.2 Å². The van der Waals surface area contributed by atoms with E-state index in [0.717, 1.165) is 18.2 Å². The Morgan fingerprint density at radius 1 is 1.16 bits per heavy atom. The molecule has 0 aliphatic heterocycles. The van der Waals surface area contributed by atoms with Crippen molar-refractivity contribution >= 4 is 12.4 Å². The predicted molar refractivity (Wildman–Crippen MR) is 64.7 cm³/mol. The number of benzene rings is 1. The van der Waals surface area contributed by atoms with E-state index >= 15 is 0 Å². The molecule has 0 bridgehead atoms. The summed E-state index contributed by atoms with van der Waals surface area (Å²) >= 11 is 0. The summed E-state index contributed by atoms with van der Waals surface area (Å²) in [7, 11) is 0. The third-order valence-electron chi connectivity index (χ3n) is 2.44. The van der Waals surface area contributed by atoms with Crippen molar-refractivity contribution in [3.05, 3.63) is 24.0 Å². The van der Waals surface area contributed by atoms with Crippen LogP contribution in [0, 0.1) is 11.2 Å². The molecule has 1 aromatic rings. The maximum absolute atomic E-state index is 13.3. The van der Waals surface area contributed by atoms with Crippen LogP contribution in [0.25, 0.3) is 0 Å². The SMILES string of the molecule is CC(C)(C)CCOc1cc([B-](F)(F)F)ccc1F.[K+]. The minimum Gasteiger partial charge on any atom is -0.491 e. The molecule has 1 nitrogen and oxygen atoms in total. The molecular weight excluding hydrogens is 286 g/mol. The van der Waals surface area contributed by atoms with Crippen LogP contribution in [0.5, 0.6) is 5.75 Å². The number of hydrogen-bond donors (Lipinski definition) is 0. The van der Waals surface area contributed by atoms with Gasteiger partial charge in [-0.15, -0.1) is 5.46 Å². The van der Waals surface area contributed by atoms with E-state index in [0.29, 0.717) is 6.42 Å². The molecule has 0 unspecified atom stereocenters. The smallest absolute Gasteiger partial charge is 0.491 e. The first kappa shape index (κ1) is 19.4. The molecule has 0 atom stereocenters. The van der Waals surface area contributed by atoms with Crippen molar-refractivity contribution in [1.29, 1.82) is 0 Å². The third-order valence-corrected chi connectivity index (χ3v) is 2.44. The molecule has 0 fully saturated rings. The Morgan fingerprint density at radius 2 is 1.74 bits per heavy atom. The molecule has 0 saturated heterocycles. The van der Waals surface area contributed by atoms with Gasteiger partial charge in [0.2, 0.25) is 0 Å². The van der Waals surface area contributed by atoms with Crippen molar-refractivity contribution in [1.82, 2.24) is 0 Å². The molecule has 102 valence electrons. The number of ether oxygens (including phenoxy) is 1. The fraction of sp³-hybridized carbons (Fsp3) is 0.500. The first-order valence-corrected chi connectivity index (χ1v) is 5.72. The zero-order chi connectivity index (χ0) is 14.0. The zero-order valence-corrected chi connectivity index (χ0v) is 14.8. The van der Waals surface area contributed by atoms with E-state index in [-0.39, 0.29) is 69.2 Å². The van der Waals surface area contributed by atoms with Crippen LogP contribution >= 0.6 is 0 Å². The van der Waals surface area contributed by atoms with Gasteiger partial charge in [-0.3, -0.25) is 0 Å². The topological polar surface area (TPSA) is 9.23 Å². The predicted octanol–water partition coefficient (Wildman–Crippen LogP) is 0.699. The third kappa shape index (κ3) is 7.13. The number of halogens is 4. The quantitative estimate of drug-likeness (QED) is 0.588. The van der Waals surface area contributed by atoms with Crippen molar-refractivity contribution < 1.29 is 73.5 Å². The summed E-state index contributed by atoms with van der Waals surface area (Å²) < 4.78 is 55.9. The van der Waals surface area contributed by atoms with Crippen LogP contribution in [-0.2, 0) is 0 Å². The van der Waals surface area contributed by atoms with E-state index in [4.69, 9.17) is 4.74 Å². The van der Waals surface area contributed by atoms with E-state index in [1.165, 1.54) is 0 Å². The van der Waals surface area contributed by atoms with Crippen molar-refractivity contribution in [2.45, 2.75) is 27.2 Å². The van der Waals surface area contributed by atoms with E-state index in [9.17, 15) is 17.3 Å². The molecule has 1 aromatic carbocycles. The Labute approximate surface area is 153 Å². The maximum atomic E-state index is 13.3. The van der Waals surface area contributed by atoms with Crippen LogP contribution in [0.2, 0.25) is 0 Å². The number of rotatable bonds is 4. The fourth-order valence-corrected chi connectivity index (χ4v) is 1.30. The Morgan fingerprint density at radius 3 is 2.21 bits per heavy atom. The zero-order valence-electron chi connectivity index (χ0n) is 11.6. The molecule has 19 heavy (non-hydrogen) atoms. The monoisotopic (exact) mass is 302 g/mol. The van der Waals surface area contributed by atoms with E-state index < -0.39 is 18.3 Å². The summed E-state index contributed by atoms with van der Waals surface area (Å²) in [6.45, 7) is 0.983. The fourth-order valence-electron chi connectivity index (χ4n) is 1.30. The first-order valence-electron chi connectivity index (χ1n) is 5.72. The molecule has 0 N–H and O–H groups in total. The number of hydrogen-bond acceptors (Lipinski definition) is 1. The van der Waals surface area contributed by atoms with Gasteiger partial charge in [0.25, 0.3) is 0 Å². The second-order valence-electron chi connectivity index (χ2n) is 5.42. The van der Waals surface area contributed by atoms with Crippen molar-refractivity contribution in [3.8, 4) is 5.75 Å². The average molecular weight is 302 g/mol. The Balaban J connectivity index is 0.00000324. The molecule has 0 aliphatic carbocycles. The van der Waals surface area contributed by atoms with Gasteiger partial charge in [-0.05, 0) is 24.0 Å². The summed E-state index contributed by atoms with van der Waals surface area (Å²) in [6, 6.07) is 2.24. The van der Waals surface area contributed by atoms with Gasteiger partial charge >= 0.3 is 58.4 Å². The Kier molecular flexibility index (Phi) is 7.62. The van der Waals surface area contributed by atoms with Gasteiger partial charge in [-0.25, -0.2) is 4.39 Å². The molecule has 0 aliphatic rings. The first-order chi connectivity index (χ1) is 8.09. The van der Waals surface area contributed by atoms with Crippen LogP contribution in [0.3, 0.4) is 0 Å². The summed E-state index contributed by atoms with van der Waals surface area (Å²) in [5.41, 5.74) is -0.857. The summed E-state index contributed by atoms with van der Waals surface area (Å²) in [5, 5.41) is 0. The van der Waals surface area contributed by atoms with Crippen LogP contribution in [0.1, 0.15) is 27.2 Å². The molecule has 1 rings (SSSR count). The minimum atomic E-state index is -5.13. The van der Waals surface area contributed by atoms with Gasteiger partial charge < -0.3 is 17.7 Å². The average Bonchev–Trinajstić information content (AvgIpc) is 2.17. The summed E-state index contributed by atoms with van der Waals surface area (Å²) in [4.78, 5) is 0. The van der Waals surface area contributed by atoms with E-state index in [1.54, 1.807) is 0 Å². The van der Waals surface area contributed by atoms with Crippen molar-refractivity contribution in [2.24, 2.45) is 5.41 Å². The largest absolute Gasteiger partial charge is 1.00 e. The van der Waals surface area contributed by atoms with E-state index in [2.05, 4.69) is 0 Å². The van der Waals surface area contributed by atoms with Crippen molar-refractivity contribution in [2.75, 3.05) is 6.61 Å². The van der Waals surface area contributed by atoms with E-state index in [1.807, 2.05) is 20.8 Å².